The van der Waals surface area contributed by atoms with Crippen LogP contribution in [0.1, 0.15) is 22.6 Å². The van der Waals surface area contributed by atoms with E-state index in [4.69, 9.17) is 23.2 Å². The van der Waals surface area contributed by atoms with Gasteiger partial charge in [0.05, 0.1) is 16.6 Å². The third kappa shape index (κ3) is 4.06. The van der Waals surface area contributed by atoms with Crippen LogP contribution < -0.4 is 0 Å². The Morgan fingerprint density at radius 2 is 2.14 bits per heavy atom. The molecule has 0 atom stereocenters. The van der Waals surface area contributed by atoms with Crippen molar-refractivity contribution in [2.75, 3.05) is 13.6 Å². The molecule has 0 saturated carbocycles. The Morgan fingerprint density at radius 1 is 1.38 bits per heavy atom. The fraction of sp³-hybridized carbons (Fsp3) is 0.333. The van der Waals surface area contributed by atoms with Crippen LogP contribution in [0.5, 0.6) is 0 Å². The first-order chi connectivity index (χ1) is 9.99. The van der Waals surface area contributed by atoms with E-state index in [2.05, 4.69) is 9.88 Å². The van der Waals surface area contributed by atoms with Gasteiger partial charge in [-0.1, -0.05) is 29.3 Å². The largest absolute Gasteiger partial charge is 0.337 e. The Kier molecular flexibility index (Phi) is 5.39. The van der Waals surface area contributed by atoms with Gasteiger partial charge < -0.3 is 4.57 Å². The highest BCUT2D eigenvalue weighted by atomic mass is 35.5. The molecule has 0 spiro atoms. The number of halogens is 2. The minimum Gasteiger partial charge on any atom is -0.337 e. The maximum absolute atomic E-state index is 12.2. The summed E-state index contributed by atoms with van der Waals surface area (Å²) >= 11 is 12.0. The van der Waals surface area contributed by atoms with Crippen molar-refractivity contribution in [1.82, 2.24) is 14.5 Å². The number of aromatic nitrogens is 2. The molecular formula is C15H17Cl2N3O. The molecule has 0 N–H and O–H groups in total. The first-order valence-electron chi connectivity index (χ1n) is 6.61. The van der Waals surface area contributed by atoms with Crippen molar-refractivity contribution in [2.24, 2.45) is 7.05 Å². The topological polar surface area (TPSA) is 38.1 Å². The molecule has 0 fully saturated rings. The number of benzene rings is 1. The third-order valence-corrected chi connectivity index (χ3v) is 4.12. The van der Waals surface area contributed by atoms with Crippen LogP contribution in [0, 0.1) is 0 Å². The number of ketones is 1. The Morgan fingerprint density at radius 3 is 2.81 bits per heavy atom. The van der Waals surface area contributed by atoms with Crippen molar-refractivity contribution in [3.8, 4) is 0 Å². The molecule has 4 nitrogen and oxygen atoms in total. The fourth-order valence-electron chi connectivity index (χ4n) is 2.02. The van der Waals surface area contributed by atoms with Gasteiger partial charge in [0.1, 0.15) is 5.82 Å². The lowest BCUT2D eigenvalue weighted by Crippen LogP contribution is -2.23. The Hall–Kier alpha value is -1.36. The summed E-state index contributed by atoms with van der Waals surface area (Å²) in [6.45, 7) is 1.33. The molecule has 1 aromatic heterocycles. The van der Waals surface area contributed by atoms with E-state index in [0.29, 0.717) is 35.1 Å². The number of nitrogens with zero attached hydrogens (tertiary/aromatic N) is 3. The quantitative estimate of drug-likeness (QED) is 0.763. The average molecular weight is 326 g/mol. The van der Waals surface area contributed by atoms with Crippen molar-refractivity contribution >= 4 is 29.0 Å². The summed E-state index contributed by atoms with van der Waals surface area (Å²) in [5.74, 6) is 0.958. The lowest BCUT2D eigenvalue weighted by molar-refractivity contribution is 0.0967. The van der Waals surface area contributed by atoms with Crippen molar-refractivity contribution in [2.45, 2.75) is 13.0 Å². The number of imidazole rings is 1. The molecule has 112 valence electrons. The van der Waals surface area contributed by atoms with Gasteiger partial charge in [0, 0.05) is 38.0 Å². The Balaban J connectivity index is 1.92. The summed E-state index contributed by atoms with van der Waals surface area (Å²) in [5.41, 5.74) is 0.481. The molecule has 1 heterocycles. The van der Waals surface area contributed by atoms with Crippen LogP contribution in [0.25, 0.3) is 0 Å². The van der Waals surface area contributed by atoms with E-state index in [1.165, 1.54) is 0 Å². The number of carbonyl (C=O) groups is 1. The van der Waals surface area contributed by atoms with Gasteiger partial charge in [-0.15, -0.1) is 0 Å². The minimum atomic E-state index is -0.00538. The van der Waals surface area contributed by atoms with Crippen molar-refractivity contribution in [3.05, 3.63) is 52.0 Å². The van der Waals surface area contributed by atoms with Gasteiger partial charge in [-0.25, -0.2) is 4.98 Å². The maximum atomic E-state index is 12.2. The Labute approximate surface area is 134 Å². The van der Waals surface area contributed by atoms with E-state index in [1.54, 1.807) is 24.4 Å². The summed E-state index contributed by atoms with van der Waals surface area (Å²) in [5, 5.41) is 0.736. The summed E-state index contributed by atoms with van der Waals surface area (Å²) in [7, 11) is 3.91. The van der Waals surface area contributed by atoms with Gasteiger partial charge in [-0.05, 0) is 19.2 Å². The van der Waals surface area contributed by atoms with Crippen LogP contribution in [0.4, 0.5) is 0 Å². The summed E-state index contributed by atoms with van der Waals surface area (Å²) in [6.07, 6.45) is 4.06. The average Bonchev–Trinajstić information content (AvgIpc) is 2.84. The highest BCUT2D eigenvalue weighted by Crippen LogP contribution is 2.26. The van der Waals surface area contributed by atoms with Crippen LogP contribution in [-0.4, -0.2) is 33.8 Å². The zero-order chi connectivity index (χ0) is 15.4. The second kappa shape index (κ2) is 7.07. The molecule has 2 aromatic rings. The van der Waals surface area contributed by atoms with Crippen LogP contribution in [0.15, 0.2) is 30.6 Å². The van der Waals surface area contributed by atoms with Gasteiger partial charge in [-0.2, -0.15) is 0 Å². The number of carbonyl (C=O) groups excluding carboxylic acids is 1. The maximum Gasteiger partial charge on any atom is 0.165 e. The zero-order valence-corrected chi connectivity index (χ0v) is 13.5. The van der Waals surface area contributed by atoms with E-state index in [-0.39, 0.29) is 5.78 Å². The van der Waals surface area contributed by atoms with Gasteiger partial charge in [0.2, 0.25) is 0 Å². The SMILES string of the molecule is CN(CCC(=O)c1cccc(Cl)c1Cl)Cc1nccn1C. The fourth-order valence-corrected chi connectivity index (χ4v) is 2.42. The molecule has 0 unspecified atom stereocenters. The molecule has 0 saturated heterocycles. The van der Waals surface area contributed by atoms with Gasteiger partial charge in [0.25, 0.3) is 0 Å². The normalized spacial score (nSPS) is 11.1. The van der Waals surface area contributed by atoms with E-state index >= 15 is 0 Å². The second-order valence-electron chi connectivity index (χ2n) is 4.97. The molecule has 1 aromatic carbocycles. The number of Topliss-reactive ketones (excluding diaryl/α,β-unsaturated/α-hetero) is 1. The van der Waals surface area contributed by atoms with E-state index < -0.39 is 0 Å². The number of hydrogen-bond acceptors (Lipinski definition) is 3. The summed E-state index contributed by atoms with van der Waals surface area (Å²) in [6, 6.07) is 5.11. The second-order valence-corrected chi connectivity index (χ2v) is 5.75. The van der Waals surface area contributed by atoms with Crippen LogP contribution in [-0.2, 0) is 13.6 Å². The minimum absolute atomic E-state index is 0.00538. The lowest BCUT2D eigenvalue weighted by atomic mass is 10.1. The van der Waals surface area contributed by atoms with Gasteiger partial charge in [-0.3, -0.25) is 9.69 Å². The molecule has 2 rings (SSSR count). The highest BCUT2D eigenvalue weighted by molar-refractivity contribution is 6.43. The molecule has 0 aliphatic heterocycles. The monoisotopic (exact) mass is 325 g/mol. The first kappa shape index (κ1) is 16.0. The van der Waals surface area contributed by atoms with E-state index in [9.17, 15) is 4.79 Å². The molecule has 0 amide bonds. The highest BCUT2D eigenvalue weighted by Gasteiger charge is 2.14. The summed E-state index contributed by atoms with van der Waals surface area (Å²) < 4.78 is 1.96. The molecule has 21 heavy (non-hydrogen) atoms. The number of rotatable bonds is 6. The van der Waals surface area contributed by atoms with Crippen LogP contribution >= 0.6 is 23.2 Å². The molecule has 0 radical (unpaired) electrons. The van der Waals surface area contributed by atoms with Crippen LogP contribution in [0.2, 0.25) is 10.0 Å². The molecule has 0 aliphatic rings. The zero-order valence-electron chi connectivity index (χ0n) is 12.0. The first-order valence-corrected chi connectivity index (χ1v) is 7.36. The summed E-state index contributed by atoms with van der Waals surface area (Å²) in [4.78, 5) is 18.5. The van der Waals surface area contributed by atoms with Crippen LogP contribution in [0.3, 0.4) is 0 Å². The third-order valence-electron chi connectivity index (χ3n) is 3.30. The number of aryl methyl sites for hydroxylation is 1. The van der Waals surface area contributed by atoms with Crippen molar-refractivity contribution < 1.29 is 4.79 Å². The van der Waals surface area contributed by atoms with Gasteiger partial charge in [0.15, 0.2) is 5.78 Å². The smallest absolute Gasteiger partial charge is 0.165 e. The molecule has 0 aliphatic carbocycles. The van der Waals surface area contributed by atoms with Gasteiger partial charge >= 0.3 is 0 Å². The van der Waals surface area contributed by atoms with Crippen molar-refractivity contribution in [3.63, 3.8) is 0 Å². The lowest BCUT2D eigenvalue weighted by Gasteiger charge is -2.16. The molecule has 0 bridgehead atoms. The molecule has 6 heteroatoms. The van der Waals surface area contributed by atoms with E-state index in [0.717, 1.165) is 5.82 Å². The predicted octanol–water partition coefficient (Wildman–Crippen LogP) is 3.43. The molecular weight excluding hydrogens is 309 g/mol. The Bertz CT molecular complexity index is 640. The van der Waals surface area contributed by atoms with E-state index in [1.807, 2.05) is 24.9 Å². The van der Waals surface area contributed by atoms with Crippen molar-refractivity contribution in [1.29, 1.82) is 0 Å². The number of hydrogen-bond donors (Lipinski definition) is 0. The standard InChI is InChI=1S/C15H17Cl2N3O/c1-19(10-14-18-7-9-20(14)2)8-6-13(21)11-4-3-5-12(16)15(11)17/h3-5,7,9H,6,8,10H2,1-2H3. The predicted molar refractivity (Wildman–Crippen MR) is 85.0 cm³/mol.